The van der Waals surface area contributed by atoms with E-state index in [0.717, 1.165) is 11.1 Å². The molecule has 0 aliphatic carbocycles. The van der Waals surface area contributed by atoms with Crippen LogP contribution in [0.5, 0.6) is 0 Å². The maximum Gasteiger partial charge on any atom is 0.249 e. The van der Waals surface area contributed by atoms with Crippen LogP contribution in [-0.2, 0) is 20.9 Å². The summed E-state index contributed by atoms with van der Waals surface area (Å²) in [6.45, 7) is 2.14. The zero-order valence-corrected chi connectivity index (χ0v) is 14.9. The summed E-state index contributed by atoms with van der Waals surface area (Å²) in [5, 5.41) is 6.04. The minimum Gasteiger partial charge on any atom is -0.364 e. The molecule has 0 saturated carbocycles. The second-order valence-electron chi connectivity index (χ2n) is 6.55. The summed E-state index contributed by atoms with van der Waals surface area (Å²) >= 11 is 0. The van der Waals surface area contributed by atoms with E-state index in [0.29, 0.717) is 19.4 Å². The van der Waals surface area contributed by atoms with E-state index >= 15 is 0 Å². The van der Waals surface area contributed by atoms with Gasteiger partial charge in [0.1, 0.15) is 6.10 Å². The highest BCUT2D eigenvalue weighted by molar-refractivity contribution is 5.82. The van der Waals surface area contributed by atoms with E-state index in [1.54, 1.807) is 6.92 Å². The summed E-state index contributed by atoms with van der Waals surface area (Å²) in [7, 11) is 0. The van der Waals surface area contributed by atoms with Crippen molar-refractivity contribution in [3.8, 4) is 0 Å². The Bertz CT molecular complexity index is 733. The third kappa shape index (κ3) is 4.70. The van der Waals surface area contributed by atoms with Crippen molar-refractivity contribution < 1.29 is 14.3 Å². The predicted octanol–water partition coefficient (Wildman–Crippen LogP) is 2.73. The van der Waals surface area contributed by atoms with Gasteiger partial charge in [0.25, 0.3) is 0 Å². The molecule has 3 rings (SSSR count). The Labute approximate surface area is 153 Å². The average molecular weight is 352 g/mol. The summed E-state index contributed by atoms with van der Waals surface area (Å²) in [5.74, 6) is -0.152. The Hall–Kier alpha value is -2.66. The molecule has 1 aliphatic heterocycles. The summed E-state index contributed by atoms with van der Waals surface area (Å²) in [6.07, 6.45) is 0.458. The molecule has 5 nitrogen and oxygen atoms in total. The summed E-state index contributed by atoms with van der Waals surface area (Å²) in [5.41, 5.74) is 2.02. The molecule has 1 fully saturated rings. The molecular formula is C21H24N2O3. The second kappa shape index (κ2) is 8.63. The Morgan fingerprint density at radius 2 is 1.81 bits per heavy atom. The lowest BCUT2D eigenvalue weighted by molar-refractivity contribution is -0.135. The first-order chi connectivity index (χ1) is 12.6. The van der Waals surface area contributed by atoms with Crippen LogP contribution >= 0.6 is 0 Å². The molecule has 0 bridgehead atoms. The van der Waals surface area contributed by atoms with Crippen LogP contribution in [0.2, 0.25) is 0 Å². The molecule has 0 unspecified atom stereocenters. The highest BCUT2D eigenvalue weighted by Crippen LogP contribution is 2.24. The number of benzene rings is 2. The van der Waals surface area contributed by atoms with Gasteiger partial charge in [0.15, 0.2) is 0 Å². The van der Waals surface area contributed by atoms with E-state index in [4.69, 9.17) is 4.74 Å². The molecule has 0 aromatic heterocycles. The topological polar surface area (TPSA) is 67.4 Å². The molecule has 0 spiro atoms. The number of nitrogens with one attached hydrogen (secondary N) is 2. The Morgan fingerprint density at radius 1 is 1.15 bits per heavy atom. The molecule has 2 aromatic carbocycles. The van der Waals surface area contributed by atoms with Crippen molar-refractivity contribution in [2.75, 3.05) is 0 Å². The number of piperidine rings is 1. The highest BCUT2D eigenvalue weighted by atomic mass is 16.5. The number of amides is 2. The van der Waals surface area contributed by atoms with Crippen molar-refractivity contribution in [3.63, 3.8) is 0 Å². The van der Waals surface area contributed by atoms with Crippen molar-refractivity contribution >= 4 is 11.8 Å². The number of ether oxygens (including phenoxy) is 1. The second-order valence-corrected chi connectivity index (χ2v) is 6.55. The van der Waals surface area contributed by atoms with Gasteiger partial charge < -0.3 is 15.4 Å². The van der Waals surface area contributed by atoms with Gasteiger partial charge in [0, 0.05) is 6.42 Å². The molecule has 1 saturated heterocycles. The molecule has 136 valence electrons. The predicted molar refractivity (Wildman–Crippen MR) is 99.2 cm³/mol. The van der Waals surface area contributed by atoms with Crippen molar-refractivity contribution in [3.05, 3.63) is 71.8 Å². The van der Waals surface area contributed by atoms with E-state index in [9.17, 15) is 9.59 Å². The number of carbonyl (C=O) groups excluding carboxylic acids is 2. The van der Waals surface area contributed by atoms with Gasteiger partial charge in [-0.25, -0.2) is 0 Å². The van der Waals surface area contributed by atoms with Crippen LogP contribution in [-0.4, -0.2) is 24.0 Å². The smallest absolute Gasteiger partial charge is 0.249 e. The van der Waals surface area contributed by atoms with Crippen molar-refractivity contribution in [2.45, 2.75) is 44.6 Å². The zero-order chi connectivity index (χ0) is 18.4. The van der Waals surface area contributed by atoms with E-state index < -0.39 is 6.10 Å². The third-order valence-electron chi connectivity index (χ3n) is 4.60. The lowest BCUT2D eigenvalue weighted by Gasteiger charge is -2.33. The molecule has 2 amide bonds. The van der Waals surface area contributed by atoms with Crippen LogP contribution in [0.3, 0.4) is 0 Å². The maximum absolute atomic E-state index is 12.5. The standard InChI is InChI=1S/C21H24N2O3/c1-15(26-14-16-8-4-2-5-9-16)21(25)22-18-12-13-19(24)23-20(18)17-10-6-3-7-11-17/h2-11,15,18,20H,12-14H2,1H3,(H,22,25)(H,23,24)/t15-,18-,20+/m0/s1. The van der Waals surface area contributed by atoms with Gasteiger partial charge in [-0.1, -0.05) is 60.7 Å². The monoisotopic (exact) mass is 352 g/mol. The summed E-state index contributed by atoms with van der Waals surface area (Å²) in [4.78, 5) is 24.4. The van der Waals surface area contributed by atoms with Crippen LogP contribution in [0.25, 0.3) is 0 Å². The van der Waals surface area contributed by atoms with E-state index in [1.807, 2.05) is 60.7 Å². The number of carbonyl (C=O) groups is 2. The lowest BCUT2D eigenvalue weighted by Crippen LogP contribution is -2.52. The fourth-order valence-electron chi connectivity index (χ4n) is 3.10. The molecule has 0 radical (unpaired) electrons. The number of rotatable bonds is 6. The SMILES string of the molecule is C[C@H](OCc1ccccc1)C(=O)N[C@H]1CCC(=O)N[C@@H]1c1ccccc1. The minimum absolute atomic E-state index is 0.0118. The van der Waals surface area contributed by atoms with Gasteiger partial charge in [-0.15, -0.1) is 0 Å². The molecule has 26 heavy (non-hydrogen) atoms. The van der Waals surface area contributed by atoms with E-state index in [-0.39, 0.29) is 23.9 Å². The van der Waals surface area contributed by atoms with Crippen LogP contribution in [0.1, 0.15) is 36.9 Å². The zero-order valence-electron chi connectivity index (χ0n) is 14.9. The van der Waals surface area contributed by atoms with Gasteiger partial charge in [-0.05, 0) is 24.5 Å². The van der Waals surface area contributed by atoms with E-state index in [2.05, 4.69) is 10.6 Å². The first-order valence-electron chi connectivity index (χ1n) is 8.93. The summed E-state index contributed by atoms with van der Waals surface area (Å²) < 4.78 is 5.69. The lowest BCUT2D eigenvalue weighted by atomic mass is 9.92. The highest BCUT2D eigenvalue weighted by Gasteiger charge is 2.31. The Morgan fingerprint density at radius 3 is 2.50 bits per heavy atom. The Kier molecular flexibility index (Phi) is 6.02. The summed E-state index contributed by atoms with van der Waals surface area (Å²) in [6, 6.07) is 19.1. The van der Waals surface area contributed by atoms with Gasteiger partial charge in [-0.3, -0.25) is 9.59 Å². The van der Waals surface area contributed by atoms with Crippen LogP contribution < -0.4 is 10.6 Å². The first-order valence-corrected chi connectivity index (χ1v) is 8.93. The molecule has 3 atom stereocenters. The average Bonchev–Trinajstić information content (AvgIpc) is 2.69. The normalized spacial score (nSPS) is 20.9. The third-order valence-corrected chi connectivity index (χ3v) is 4.60. The fraction of sp³-hybridized carbons (Fsp3) is 0.333. The Balaban J connectivity index is 1.60. The van der Waals surface area contributed by atoms with Crippen molar-refractivity contribution in [1.29, 1.82) is 0 Å². The number of hydrogen-bond acceptors (Lipinski definition) is 3. The molecule has 5 heteroatoms. The van der Waals surface area contributed by atoms with Gasteiger partial charge in [0.05, 0.1) is 18.7 Å². The molecular weight excluding hydrogens is 328 g/mol. The van der Waals surface area contributed by atoms with E-state index in [1.165, 1.54) is 0 Å². The first kappa shape index (κ1) is 18.1. The fourth-order valence-corrected chi connectivity index (χ4v) is 3.10. The minimum atomic E-state index is -0.566. The molecule has 2 N–H and O–H groups in total. The molecule has 1 heterocycles. The quantitative estimate of drug-likeness (QED) is 0.840. The van der Waals surface area contributed by atoms with Crippen LogP contribution in [0.4, 0.5) is 0 Å². The van der Waals surface area contributed by atoms with Gasteiger partial charge in [-0.2, -0.15) is 0 Å². The molecule has 2 aromatic rings. The van der Waals surface area contributed by atoms with Gasteiger partial charge in [0.2, 0.25) is 11.8 Å². The largest absolute Gasteiger partial charge is 0.364 e. The van der Waals surface area contributed by atoms with Crippen molar-refractivity contribution in [1.82, 2.24) is 10.6 Å². The van der Waals surface area contributed by atoms with Crippen molar-refractivity contribution in [2.24, 2.45) is 0 Å². The van der Waals surface area contributed by atoms with Crippen LogP contribution in [0.15, 0.2) is 60.7 Å². The maximum atomic E-state index is 12.5. The van der Waals surface area contributed by atoms with Gasteiger partial charge >= 0.3 is 0 Å². The molecule has 1 aliphatic rings. The number of hydrogen-bond donors (Lipinski definition) is 2. The van der Waals surface area contributed by atoms with Crippen LogP contribution in [0, 0.1) is 0 Å².